The van der Waals surface area contributed by atoms with Gasteiger partial charge in [0.2, 0.25) is 17.7 Å². The van der Waals surface area contributed by atoms with Crippen molar-refractivity contribution in [2.24, 2.45) is 11.8 Å². The second-order valence-electron chi connectivity index (χ2n) is 10.2. The summed E-state index contributed by atoms with van der Waals surface area (Å²) >= 11 is 0. The zero-order chi connectivity index (χ0) is 24.4. The molecule has 5 aliphatic rings. The maximum absolute atomic E-state index is 13.7. The number of piperazine rings is 1. The number of amides is 3. The summed E-state index contributed by atoms with van der Waals surface area (Å²) in [4.78, 5) is 46.1. The van der Waals surface area contributed by atoms with Gasteiger partial charge < -0.3 is 9.80 Å². The van der Waals surface area contributed by atoms with E-state index >= 15 is 0 Å². The third-order valence-electron chi connectivity index (χ3n) is 8.59. The van der Waals surface area contributed by atoms with E-state index in [-0.39, 0.29) is 36.1 Å². The molecule has 6 heteroatoms. The Hall–Kier alpha value is -3.93. The zero-order valence-corrected chi connectivity index (χ0v) is 19.9. The van der Waals surface area contributed by atoms with Crippen LogP contribution in [0.2, 0.25) is 0 Å². The van der Waals surface area contributed by atoms with Gasteiger partial charge >= 0.3 is 0 Å². The molecular formula is C30H27N3O3. The number of imide groups is 1. The summed E-state index contributed by atoms with van der Waals surface area (Å²) in [6, 6.07) is 26.6. The van der Waals surface area contributed by atoms with Crippen LogP contribution in [0.1, 0.15) is 34.1 Å². The van der Waals surface area contributed by atoms with E-state index in [1.807, 2.05) is 42.5 Å². The fourth-order valence-corrected chi connectivity index (χ4v) is 6.98. The molecule has 2 fully saturated rings. The standard InChI is InChI=1S/C30H27N3O3/c34-24(32-16-14-31(15-17-32)19-8-2-1-3-9-19)18-33-29(35)27-25-20-10-4-5-11-21(20)26(28(27)30(33)36)23-13-7-6-12-22(23)25/h1-13,25-28H,14-18H2. The van der Waals surface area contributed by atoms with Gasteiger partial charge in [0.05, 0.1) is 11.8 Å². The average Bonchev–Trinajstić information content (AvgIpc) is 3.19. The van der Waals surface area contributed by atoms with Crippen molar-refractivity contribution < 1.29 is 14.4 Å². The molecule has 3 aliphatic carbocycles. The van der Waals surface area contributed by atoms with Crippen molar-refractivity contribution >= 4 is 23.4 Å². The number of hydrogen-bond acceptors (Lipinski definition) is 4. The highest BCUT2D eigenvalue weighted by Gasteiger charge is 2.61. The topological polar surface area (TPSA) is 60.9 Å². The number of hydrogen-bond donors (Lipinski definition) is 0. The van der Waals surface area contributed by atoms with Crippen molar-refractivity contribution in [1.82, 2.24) is 9.80 Å². The van der Waals surface area contributed by atoms with E-state index in [1.165, 1.54) is 4.90 Å². The van der Waals surface area contributed by atoms with Crippen LogP contribution in [0.3, 0.4) is 0 Å². The summed E-state index contributed by atoms with van der Waals surface area (Å²) in [5, 5.41) is 0. The van der Waals surface area contributed by atoms with Gasteiger partial charge in [0.1, 0.15) is 6.54 Å². The van der Waals surface area contributed by atoms with Crippen LogP contribution in [0.5, 0.6) is 0 Å². The van der Waals surface area contributed by atoms with Crippen molar-refractivity contribution in [3.63, 3.8) is 0 Å². The summed E-state index contributed by atoms with van der Waals surface area (Å²) in [5.41, 5.74) is 5.73. The highest BCUT2D eigenvalue weighted by atomic mass is 16.2. The molecular weight excluding hydrogens is 450 g/mol. The third kappa shape index (κ3) is 3.00. The fourth-order valence-electron chi connectivity index (χ4n) is 6.98. The Morgan fingerprint density at radius 2 is 1.08 bits per heavy atom. The molecule has 2 saturated heterocycles. The van der Waals surface area contributed by atoms with E-state index in [4.69, 9.17) is 0 Å². The van der Waals surface area contributed by atoms with Gasteiger partial charge in [-0.1, -0.05) is 66.7 Å². The van der Waals surface area contributed by atoms with E-state index in [1.54, 1.807) is 4.90 Å². The van der Waals surface area contributed by atoms with E-state index < -0.39 is 11.8 Å². The first kappa shape index (κ1) is 21.4. The number of rotatable bonds is 3. The maximum atomic E-state index is 13.7. The van der Waals surface area contributed by atoms with Crippen LogP contribution in [0, 0.1) is 11.8 Å². The van der Waals surface area contributed by atoms with Gasteiger partial charge in [-0.2, -0.15) is 0 Å². The smallest absolute Gasteiger partial charge is 0.242 e. The van der Waals surface area contributed by atoms with Crippen molar-refractivity contribution in [1.29, 1.82) is 0 Å². The lowest BCUT2D eigenvalue weighted by Gasteiger charge is -2.45. The molecule has 3 aromatic rings. The summed E-state index contributed by atoms with van der Waals surface area (Å²) in [7, 11) is 0. The third-order valence-corrected chi connectivity index (χ3v) is 8.59. The molecule has 0 aromatic heterocycles. The molecule has 6 nitrogen and oxygen atoms in total. The number of para-hydroxylation sites is 1. The number of carbonyl (C=O) groups excluding carboxylic acids is 3. The first-order valence-electron chi connectivity index (χ1n) is 12.7. The number of anilines is 1. The van der Waals surface area contributed by atoms with Gasteiger partial charge in [0, 0.05) is 43.7 Å². The Morgan fingerprint density at radius 3 is 1.56 bits per heavy atom. The largest absolute Gasteiger partial charge is 0.368 e. The minimum Gasteiger partial charge on any atom is -0.368 e. The lowest BCUT2D eigenvalue weighted by molar-refractivity contribution is -0.146. The molecule has 0 spiro atoms. The van der Waals surface area contributed by atoms with Gasteiger partial charge in [0.15, 0.2) is 0 Å². The number of carbonyl (C=O) groups is 3. The average molecular weight is 478 g/mol. The lowest BCUT2D eigenvalue weighted by Crippen LogP contribution is -2.52. The summed E-state index contributed by atoms with van der Waals surface area (Å²) < 4.78 is 0. The van der Waals surface area contributed by atoms with E-state index in [0.29, 0.717) is 13.1 Å². The highest BCUT2D eigenvalue weighted by molar-refractivity contribution is 6.09. The van der Waals surface area contributed by atoms with Gasteiger partial charge in [-0.3, -0.25) is 19.3 Å². The predicted molar refractivity (Wildman–Crippen MR) is 136 cm³/mol. The summed E-state index contributed by atoms with van der Waals surface area (Å²) in [6.45, 7) is 2.47. The highest BCUT2D eigenvalue weighted by Crippen LogP contribution is 2.60. The molecule has 2 heterocycles. The molecule has 8 rings (SSSR count). The number of nitrogens with zero attached hydrogens (tertiary/aromatic N) is 3. The fraction of sp³-hybridized carbons (Fsp3) is 0.300. The second kappa shape index (κ2) is 8.05. The first-order valence-corrected chi connectivity index (χ1v) is 12.7. The Labute approximate surface area is 210 Å². The van der Waals surface area contributed by atoms with Gasteiger partial charge in [-0.15, -0.1) is 0 Å². The molecule has 2 atom stereocenters. The van der Waals surface area contributed by atoms with E-state index in [9.17, 15) is 14.4 Å². The van der Waals surface area contributed by atoms with Crippen molar-refractivity contribution in [3.05, 3.63) is 101 Å². The van der Waals surface area contributed by atoms with Crippen molar-refractivity contribution in [3.8, 4) is 0 Å². The molecule has 3 amide bonds. The zero-order valence-electron chi connectivity index (χ0n) is 19.9. The summed E-state index contributed by atoms with van der Waals surface area (Å²) in [5.74, 6) is -1.69. The normalized spacial score (nSPS) is 26.1. The van der Waals surface area contributed by atoms with Crippen molar-refractivity contribution in [2.45, 2.75) is 11.8 Å². The Kier molecular flexibility index (Phi) is 4.78. The lowest BCUT2D eigenvalue weighted by atomic mass is 9.55. The SMILES string of the molecule is O=C(CN1C(=O)C2C3c4ccccc4C(c4ccccc43)C2C1=O)N1CCN(c2ccccc2)CC1. The van der Waals surface area contributed by atoms with Crippen LogP contribution in [0.15, 0.2) is 78.9 Å². The molecule has 3 aromatic carbocycles. The second-order valence-corrected chi connectivity index (χ2v) is 10.2. The quantitative estimate of drug-likeness (QED) is 0.544. The first-order chi connectivity index (χ1) is 17.6. The molecule has 0 N–H and O–H groups in total. The molecule has 180 valence electrons. The van der Waals surface area contributed by atoms with Crippen LogP contribution in [0.4, 0.5) is 5.69 Å². The van der Waals surface area contributed by atoms with Crippen LogP contribution in [-0.4, -0.2) is 60.2 Å². The Balaban J connectivity index is 1.13. The Bertz CT molecular complexity index is 1260. The summed E-state index contributed by atoms with van der Waals surface area (Å²) in [6.07, 6.45) is 0. The van der Waals surface area contributed by atoms with Crippen LogP contribution >= 0.6 is 0 Å². The van der Waals surface area contributed by atoms with Crippen LogP contribution in [-0.2, 0) is 14.4 Å². The maximum Gasteiger partial charge on any atom is 0.242 e. The predicted octanol–water partition coefficient (Wildman–Crippen LogP) is 3.23. The Morgan fingerprint density at radius 1 is 0.639 bits per heavy atom. The van der Waals surface area contributed by atoms with Crippen LogP contribution in [0.25, 0.3) is 0 Å². The molecule has 0 radical (unpaired) electrons. The van der Waals surface area contributed by atoms with Crippen LogP contribution < -0.4 is 4.90 Å². The van der Waals surface area contributed by atoms with Gasteiger partial charge in [-0.25, -0.2) is 0 Å². The van der Waals surface area contributed by atoms with Crippen molar-refractivity contribution in [2.75, 3.05) is 37.6 Å². The molecule has 0 saturated carbocycles. The number of benzene rings is 3. The molecule has 36 heavy (non-hydrogen) atoms. The molecule has 2 aliphatic heterocycles. The van der Waals surface area contributed by atoms with E-state index in [0.717, 1.165) is 41.0 Å². The van der Waals surface area contributed by atoms with E-state index in [2.05, 4.69) is 41.3 Å². The molecule has 2 unspecified atom stereocenters. The van der Waals surface area contributed by atoms with Gasteiger partial charge in [-0.05, 0) is 34.4 Å². The van der Waals surface area contributed by atoms with Gasteiger partial charge in [0.25, 0.3) is 0 Å². The monoisotopic (exact) mass is 477 g/mol. The molecule has 2 bridgehead atoms. The number of likely N-dealkylation sites (tertiary alicyclic amines) is 1. The minimum absolute atomic E-state index is 0.140. The minimum atomic E-state index is -0.435.